The first-order chi connectivity index (χ1) is 9.69. The zero-order valence-corrected chi connectivity index (χ0v) is 13.9. The molecule has 1 fully saturated rings. The van der Waals surface area contributed by atoms with Gasteiger partial charge in [0.2, 0.25) is 5.91 Å². The fourth-order valence-corrected chi connectivity index (χ4v) is 3.64. The van der Waals surface area contributed by atoms with Crippen LogP contribution in [0.25, 0.3) is 0 Å². The Kier molecular flexibility index (Phi) is 4.43. The Morgan fingerprint density at radius 1 is 1.14 bits per heavy atom. The van der Waals surface area contributed by atoms with E-state index in [9.17, 15) is 4.79 Å². The van der Waals surface area contributed by atoms with E-state index in [0.717, 1.165) is 18.4 Å². The van der Waals surface area contributed by atoms with E-state index in [1.807, 2.05) is 37.3 Å². The van der Waals surface area contributed by atoms with Crippen molar-refractivity contribution >= 4 is 5.91 Å². The van der Waals surface area contributed by atoms with E-state index in [1.54, 1.807) is 0 Å². The zero-order valence-electron chi connectivity index (χ0n) is 13.9. The average molecular weight is 288 g/mol. The molecule has 1 saturated heterocycles. The summed E-state index contributed by atoms with van der Waals surface area (Å²) in [5.74, 6) is 0.0204. The van der Waals surface area contributed by atoms with E-state index in [4.69, 9.17) is 0 Å². The minimum absolute atomic E-state index is 0.0513. The van der Waals surface area contributed by atoms with Crippen molar-refractivity contribution in [3.05, 3.63) is 35.9 Å². The van der Waals surface area contributed by atoms with Crippen molar-refractivity contribution in [3.63, 3.8) is 0 Å². The maximum atomic E-state index is 12.5. The number of piperidine rings is 1. The quantitative estimate of drug-likeness (QED) is 0.896. The normalized spacial score (nSPS) is 22.5. The molecule has 0 saturated carbocycles. The van der Waals surface area contributed by atoms with Gasteiger partial charge in [-0.25, -0.2) is 0 Å². The standard InChI is InChI=1S/C18H28N2O/c1-13(14-9-7-6-8-10-14)16(21)19-15-11-17(2,3)20-18(4,5)12-15/h6-10,13,15,20H,11-12H2,1-5H3,(H,19,21). The SMILES string of the molecule is CC(C(=O)NC1CC(C)(C)NC(C)(C)C1)c1ccccc1. The smallest absolute Gasteiger partial charge is 0.227 e. The van der Waals surface area contributed by atoms with Crippen molar-refractivity contribution in [2.75, 3.05) is 0 Å². The molecular formula is C18H28N2O. The third-order valence-corrected chi connectivity index (χ3v) is 4.23. The topological polar surface area (TPSA) is 41.1 Å². The number of carbonyl (C=O) groups excluding carboxylic acids is 1. The summed E-state index contributed by atoms with van der Waals surface area (Å²) in [5, 5.41) is 6.89. The second-order valence-electron chi connectivity index (χ2n) is 7.64. The fraction of sp³-hybridized carbons (Fsp3) is 0.611. The van der Waals surface area contributed by atoms with Crippen LogP contribution in [0.2, 0.25) is 0 Å². The Bertz CT molecular complexity index is 477. The van der Waals surface area contributed by atoms with Crippen LogP contribution < -0.4 is 10.6 Å². The molecule has 1 heterocycles. The van der Waals surface area contributed by atoms with E-state index in [1.165, 1.54) is 0 Å². The molecule has 0 aromatic heterocycles. The maximum absolute atomic E-state index is 12.5. The highest BCUT2D eigenvalue weighted by molar-refractivity contribution is 5.83. The summed E-state index contributed by atoms with van der Waals surface area (Å²) in [6, 6.07) is 10.2. The molecule has 1 aliphatic heterocycles. The van der Waals surface area contributed by atoms with Gasteiger partial charge in [-0.15, -0.1) is 0 Å². The molecule has 1 aliphatic rings. The molecule has 2 N–H and O–H groups in total. The molecule has 1 atom stereocenters. The van der Waals surface area contributed by atoms with Crippen LogP contribution in [0.4, 0.5) is 0 Å². The zero-order chi connectivity index (χ0) is 15.7. The molecular weight excluding hydrogens is 260 g/mol. The first kappa shape index (κ1) is 16.0. The van der Waals surface area contributed by atoms with E-state index >= 15 is 0 Å². The summed E-state index contributed by atoms with van der Waals surface area (Å²) in [6.07, 6.45) is 1.92. The van der Waals surface area contributed by atoms with Crippen LogP contribution in [0.1, 0.15) is 58.9 Å². The summed E-state index contributed by atoms with van der Waals surface area (Å²) in [4.78, 5) is 12.5. The van der Waals surface area contributed by atoms with Gasteiger partial charge < -0.3 is 10.6 Å². The molecule has 3 heteroatoms. The van der Waals surface area contributed by atoms with Crippen LogP contribution in [-0.2, 0) is 4.79 Å². The number of carbonyl (C=O) groups is 1. The van der Waals surface area contributed by atoms with Crippen LogP contribution in [0, 0.1) is 0 Å². The summed E-state index contributed by atoms with van der Waals surface area (Å²) >= 11 is 0. The second kappa shape index (κ2) is 5.80. The van der Waals surface area contributed by atoms with Gasteiger partial charge in [0.15, 0.2) is 0 Å². The molecule has 1 aromatic rings. The molecule has 1 unspecified atom stereocenters. The third kappa shape index (κ3) is 4.31. The van der Waals surface area contributed by atoms with Gasteiger partial charge in [0.25, 0.3) is 0 Å². The van der Waals surface area contributed by atoms with Gasteiger partial charge >= 0.3 is 0 Å². The molecule has 116 valence electrons. The summed E-state index contributed by atoms with van der Waals surface area (Å²) in [7, 11) is 0. The van der Waals surface area contributed by atoms with Crippen LogP contribution in [-0.4, -0.2) is 23.0 Å². The highest BCUT2D eigenvalue weighted by Crippen LogP contribution is 2.29. The number of amides is 1. The predicted octanol–water partition coefficient (Wildman–Crippen LogP) is 3.22. The lowest BCUT2D eigenvalue weighted by Crippen LogP contribution is -2.62. The lowest BCUT2D eigenvalue weighted by Gasteiger charge is -2.46. The van der Waals surface area contributed by atoms with Gasteiger partial charge in [0, 0.05) is 17.1 Å². The summed E-state index contributed by atoms with van der Waals surface area (Å²) in [6.45, 7) is 10.8. The van der Waals surface area contributed by atoms with Crippen LogP contribution in [0.5, 0.6) is 0 Å². The first-order valence-electron chi connectivity index (χ1n) is 7.83. The van der Waals surface area contributed by atoms with Crippen LogP contribution >= 0.6 is 0 Å². The Morgan fingerprint density at radius 2 is 1.67 bits per heavy atom. The lowest BCUT2D eigenvalue weighted by atomic mass is 9.79. The average Bonchev–Trinajstić information content (AvgIpc) is 2.35. The van der Waals surface area contributed by atoms with Crippen molar-refractivity contribution in [2.45, 2.75) is 70.5 Å². The number of hydrogen-bond donors (Lipinski definition) is 2. The van der Waals surface area contributed by atoms with Gasteiger partial charge in [0.1, 0.15) is 0 Å². The van der Waals surface area contributed by atoms with Gasteiger partial charge in [-0.05, 0) is 53.0 Å². The number of benzene rings is 1. The van der Waals surface area contributed by atoms with Crippen LogP contribution in [0.3, 0.4) is 0 Å². The third-order valence-electron chi connectivity index (χ3n) is 4.23. The van der Waals surface area contributed by atoms with Crippen molar-refractivity contribution in [1.29, 1.82) is 0 Å². The van der Waals surface area contributed by atoms with Gasteiger partial charge in [-0.2, -0.15) is 0 Å². The molecule has 0 spiro atoms. The minimum Gasteiger partial charge on any atom is -0.353 e. The largest absolute Gasteiger partial charge is 0.353 e. The van der Waals surface area contributed by atoms with Gasteiger partial charge in [-0.3, -0.25) is 4.79 Å². The van der Waals surface area contributed by atoms with Gasteiger partial charge in [-0.1, -0.05) is 30.3 Å². The maximum Gasteiger partial charge on any atom is 0.227 e. The van der Waals surface area contributed by atoms with Gasteiger partial charge in [0.05, 0.1) is 5.92 Å². The monoisotopic (exact) mass is 288 g/mol. The van der Waals surface area contributed by atoms with Crippen molar-refractivity contribution < 1.29 is 4.79 Å². The molecule has 1 aromatic carbocycles. The van der Waals surface area contributed by atoms with E-state index in [2.05, 4.69) is 38.3 Å². The highest BCUT2D eigenvalue weighted by atomic mass is 16.1. The van der Waals surface area contributed by atoms with Crippen molar-refractivity contribution in [3.8, 4) is 0 Å². The molecule has 0 radical (unpaired) electrons. The molecule has 3 nitrogen and oxygen atoms in total. The molecule has 0 bridgehead atoms. The summed E-state index contributed by atoms with van der Waals surface area (Å²) < 4.78 is 0. The fourth-order valence-electron chi connectivity index (χ4n) is 3.64. The Morgan fingerprint density at radius 3 is 2.19 bits per heavy atom. The van der Waals surface area contributed by atoms with Crippen molar-refractivity contribution in [2.24, 2.45) is 0 Å². The number of rotatable bonds is 3. The first-order valence-corrected chi connectivity index (χ1v) is 7.83. The van der Waals surface area contributed by atoms with E-state index in [-0.39, 0.29) is 28.9 Å². The second-order valence-corrected chi connectivity index (χ2v) is 7.64. The molecule has 0 aliphatic carbocycles. The Labute approximate surface area is 128 Å². The Balaban J connectivity index is 2.02. The highest BCUT2D eigenvalue weighted by Gasteiger charge is 2.38. The number of hydrogen-bond acceptors (Lipinski definition) is 2. The Hall–Kier alpha value is -1.35. The lowest BCUT2D eigenvalue weighted by molar-refractivity contribution is -0.123. The molecule has 2 rings (SSSR count). The van der Waals surface area contributed by atoms with E-state index in [0.29, 0.717) is 0 Å². The molecule has 21 heavy (non-hydrogen) atoms. The summed E-state index contributed by atoms with van der Waals surface area (Å²) in [5.41, 5.74) is 1.17. The predicted molar refractivity (Wildman–Crippen MR) is 87.3 cm³/mol. The molecule has 1 amide bonds. The minimum atomic E-state index is -0.104. The van der Waals surface area contributed by atoms with E-state index < -0.39 is 0 Å². The van der Waals surface area contributed by atoms with Crippen LogP contribution in [0.15, 0.2) is 30.3 Å². The number of nitrogens with one attached hydrogen (secondary N) is 2. The van der Waals surface area contributed by atoms with Crippen molar-refractivity contribution in [1.82, 2.24) is 10.6 Å².